The molecule has 1 amide bonds. The Hall–Kier alpha value is -1.43. The number of halogens is 3. The Kier molecular flexibility index (Phi) is 5.43. The molecule has 3 aliphatic heterocycles. The van der Waals surface area contributed by atoms with Gasteiger partial charge in [0.25, 0.3) is 0 Å². The largest absolute Gasteiger partial charge is 0.490 e. The van der Waals surface area contributed by atoms with E-state index < -0.39 is 23.2 Å². The summed E-state index contributed by atoms with van der Waals surface area (Å²) >= 11 is 0. The molecule has 1 aliphatic carbocycles. The van der Waals surface area contributed by atoms with Crippen molar-refractivity contribution in [3.05, 3.63) is 0 Å². The summed E-state index contributed by atoms with van der Waals surface area (Å²) in [6, 6.07) is 0. The molecule has 166 valence electrons. The molecule has 0 aromatic carbocycles. The molecule has 0 atom stereocenters. The van der Waals surface area contributed by atoms with E-state index in [1.807, 2.05) is 4.90 Å². The summed E-state index contributed by atoms with van der Waals surface area (Å²) in [5.74, 6) is -2.61. The highest BCUT2D eigenvalue weighted by Gasteiger charge is 2.64. The normalized spacial score (nSPS) is 28.1. The van der Waals surface area contributed by atoms with E-state index in [0.717, 1.165) is 32.4 Å². The molecule has 8 nitrogen and oxygen atoms in total. The summed E-state index contributed by atoms with van der Waals surface area (Å²) < 4.78 is 38.0. The van der Waals surface area contributed by atoms with Gasteiger partial charge in [-0.1, -0.05) is 6.42 Å². The van der Waals surface area contributed by atoms with Crippen LogP contribution in [0.1, 0.15) is 33.1 Å². The van der Waals surface area contributed by atoms with Crippen molar-refractivity contribution in [2.75, 3.05) is 39.3 Å². The number of nitrogens with one attached hydrogen (secondary N) is 2. The highest BCUT2D eigenvalue weighted by atomic mass is 19.4. The van der Waals surface area contributed by atoms with E-state index in [1.165, 1.54) is 0 Å². The van der Waals surface area contributed by atoms with Crippen LogP contribution in [0.5, 0.6) is 0 Å². The Bertz CT molecular complexity index is 670. The molecular weight excluding hydrogens is 395 g/mol. The van der Waals surface area contributed by atoms with Crippen molar-refractivity contribution in [1.29, 1.82) is 0 Å². The van der Waals surface area contributed by atoms with Crippen LogP contribution in [0.25, 0.3) is 0 Å². The number of aliphatic hydroxyl groups is 1. The lowest BCUT2D eigenvalue weighted by molar-refractivity contribution is -0.230. The third-order valence-electron chi connectivity index (χ3n) is 6.31. The van der Waals surface area contributed by atoms with Crippen molar-refractivity contribution in [3.63, 3.8) is 0 Å². The number of β-amino-alcohol motifs (C(OH)–C–C–N with tert-alkyl or cyclic N) is 1. The standard InChI is InChI=1S/C16H27N3O3.C2HF3O2/c1-13(2)10-19(11-14(22-13)6-17-7-14)12(20)15(4-3-5-15)16(21)8-18-9-16;3-2(4,5)1(6)7/h17-18,21H,3-11H2,1-2H3;(H,6,7). The molecule has 0 radical (unpaired) electrons. The molecule has 11 heteroatoms. The summed E-state index contributed by atoms with van der Waals surface area (Å²) in [7, 11) is 0. The minimum Gasteiger partial charge on any atom is -0.475 e. The van der Waals surface area contributed by atoms with Gasteiger partial charge in [0, 0.05) is 32.7 Å². The van der Waals surface area contributed by atoms with E-state index in [9.17, 15) is 23.1 Å². The van der Waals surface area contributed by atoms with Crippen LogP contribution in [0.2, 0.25) is 0 Å². The van der Waals surface area contributed by atoms with E-state index in [4.69, 9.17) is 14.6 Å². The molecule has 4 fully saturated rings. The van der Waals surface area contributed by atoms with Crippen LogP contribution in [0.4, 0.5) is 13.2 Å². The van der Waals surface area contributed by atoms with Crippen LogP contribution in [-0.2, 0) is 14.3 Å². The number of carbonyl (C=O) groups excluding carboxylic acids is 1. The number of aliphatic carboxylic acids is 1. The van der Waals surface area contributed by atoms with Crippen molar-refractivity contribution in [2.45, 2.75) is 56.1 Å². The van der Waals surface area contributed by atoms with E-state index in [1.54, 1.807) is 0 Å². The van der Waals surface area contributed by atoms with Gasteiger partial charge in [-0.3, -0.25) is 4.79 Å². The number of rotatable bonds is 2. The molecule has 1 saturated carbocycles. The average Bonchev–Trinajstić information content (AvgIpc) is 2.48. The molecule has 0 bridgehead atoms. The predicted octanol–water partition coefficient (Wildman–Crippen LogP) is 0.104. The minimum absolute atomic E-state index is 0.144. The van der Waals surface area contributed by atoms with Gasteiger partial charge in [-0.25, -0.2) is 4.79 Å². The van der Waals surface area contributed by atoms with Gasteiger partial charge < -0.3 is 30.5 Å². The minimum atomic E-state index is -5.08. The lowest BCUT2D eigenvalue weighted by atomic mass is 9.55. The number of hydrogen-bond donors (Lipinski definition) is 4. The topological polar surface area (TPSA) is 111 Å². The summed E-state index contributed by atoms with van der Waals surface area (Å²) in [5.41, 5.74) is -1.98. The molecule has 4 aliphatic rings. The number of hydrogen-bond acceptors (Lipinski definition) is 6. The third kappa shape index (κ3) is 3.97. The first kappa shape index (κ1) is 22.3. The predicted molar refractivity (Wildman–Crippen MR) is 95.1 cm³/mol. The average molecular weight is 423 g/mol. The van der Waals surface area contributed by atoms with Gasteiger partial charge in [-0.05, 0) is 26.7 Å². The summed E-state index contributed by atoms with van der Waals surface area (Å²) in [6.07, 6.45) is -2.42. The van der Waals surface area contributed by atoms with Gasteiger partial charge in [-0.15, -0.1) is 0 Å². The fraction of sp³-hybridized carbons (Fsp3) is 0.889. The van der Waals surface area contributed by atoms with E-state index >= 15 is 0 Å². The fourth-order valence-electron chi connectivity index (χ4n) is 4.66. The number of amides is 1. The first-order chi connectivity index (χ1) is 13.2. The number of carbonyl (C=O) groups is 2. The zero-order chi connectivity index (χ0) is 21.7. The third-order valence-corrected chi connectivity index (χ3v) is 6.31. The summed E-state index contributed by atoms with van der Waals surface area (Å²) in [6.45, 7) is 8.06. The van der Waals surface area contributed by atoms with Gasteiger partial charge in [-0.2, -0.15) is 13.2 Å². The molecule has 3 saturated heterocycles. The van der Waals surface area contributed by atoms with Gasteiger partial charge in [0.15, 0.2) is 0 Å². The second kappa shape index (κ2) is 7.07. The van der Waals surface area contributed by atoms with Crippen molar-refractivity contribution >= 4 is 11.9 Å². The van der Waals surface area contributed by atoms with Crippen LogP contribution in [-0.4, -0.2) is 89.2 Å². The lowest BCUT2D eigenvalue weighted by Crippen LogP contribution is -2.77. The number of alkyl halides is 3. The molecule has 4 rings (SSSR count). The number of nitrogens with zero attached hydrogens (tertiary/aromatic N) is 1. The van der Waals surface area contributed by atoms with Gasteiger partial charge in [0.2, 0.25) is 5.91 Å². The van der Waals surface area contributed by atoms with Crippen molar-refractivity contribution < 1.29 is 37.7 Å². The molecule has 4 N–H and O–H groups in total. The first-order valence-corrected chi connectivity index (χ1v) is 9.68. The number of carboxylic acids is 1. The van der Waals surface area contributed by atoms with Gasteiger partial charge >= 0.3 is 12.1 Å². The van der Waals surface area contributed by atoms with Crippen molar-refractivity contribution in [1.82, 2.24) is 15.5 Å². The van der Waals surface area contributed by atoms with E-state index in [-0.39, 0.29) is 17.1 Å². The smallest absolute Gasteiger partial charge is 0.475 e. The second-order valence-corrected chi connectivity index (χ2v) is 9.18. The Labute approximate surface area is 166 Å². The van der Waals surface area contributed by atoms with Crippen LogP contribution >= 0.6 is 0 Å². The number of ether oxygens (including phenoxy) is 1. The molecule has 1 spiro atoms. The molecule has 3 heterocycles. The van der Waals surface area contributed by atoms with Crippen molar-refractivity contribution in [3.8, 4) is 0 Å². The molecule has 0 aromatic rings. The quantitative estimate of drug-likeness (QED) is 0.499. The highest BCUT2D eigenvalue weighted by molar-refractivity contribution is 5.86. The van der Waals surface area contributed by atoms with Gasteiger partial charge in [0.1, 0.15) is 11.2 Å². The summed E-state index contributed by atoms with van der Waals surface area (Å²) in [4.78, 5) is 24.2. The Morgan fingerprint density at radius 1 is 1.03 bits per heavy atom. The summed E-state index contributed by atoms with van der Waals surface area (Å²) in [5, 5.41) is 24.4. The Morgan fingerprint density at radius 2 is 1.55 bits per heavy atom. The Balaban J connectivity index is 0.000000298. The molecule has 0 aromatic heterocycles. The van der Waals surface area contributed by atoms with Crippen LogP contribution in [0, 0.1) is 5.41 Å². The van der Waals surface area contributed by atoms with Crippen molar-refractivity contribution in [2.24, 2.45) is 5.41 Å². The molecule has 0 unspecified atom stereocenters. The maximum Gasteiger partial charge on any atom is 0.490 e. The number of morpholine rings is 1. The zero-order valence-corrected chi connectivity index (χ0v) is 16.6. The van der Waals surface area contributed by atoms with Crippen LogP contribution in [0.3, 0.4) is 0 Å². The van der Waals surface area contributed by atoms with E-state index in [0.29, 0.717) is 26.2 Å². The zero-order valence-electron chi connectivity index (χ0n) is 16.6. The Morgan fingerprint density at radius 3 is 1.86 bits per heavy atom. The maximum atomic E-state index is 13.3. The second-order valence-electron chi connectivity index (χ2n) is 9.18. The number of carboxylic acid groups (broad SMARTS) is 1. The fourth-order valence-corrected chi connectivity index (χ4v) is 4.66. The molecular formula is C18H28F3N3O5. The van der Waals surface area contributed by atoms with Crippen LogP contribution < -0.4 is 10.6 Å². The maximum absolute atomic E-state index is 13.3. The first-order valence-electron chi connectivity index (χ1n) is 9.68. The highest BCUT2D eigenvalue weighted by Crippen LogP contribution is 2.52. The van der Waals surface area contributed by atoms with Crippen LogP contribution in [0.15, 0.2) is 0 Å². The lowest BCUT2D eigenvalue weighted by Gasteiger charge is -2.60. The van der Waals surface area contributed by atoms with Gasteiger partial charge in [0.05, 0.1) is 17.6 Å². The van der Waals surface area contributed by atoms with E-state index in [2.05, 4.69) is 24.5 Å². The monoisotopic (exact) mass is 423 g/mol. The SMILES string of the molecule is CC1(C)CN(C(=O)C2(C3(O)CNC3)CCC2)CC2(CNC2)O1.O=C(O)C(F)(F)F. The molecule has 29 heavy (non-hydrogen) atoms.